The summed E-state index contributed by atoms with van der Waals surface area (Å²) in [6, 6.07) is 20.3. The number of hydrogen-bond donors (Lipinski definition) is 0. The Labute approximate surface area is 121 Å². The van der Waals surface area contributed by atoms with E-state index in [0.717, 1.165) is 21.3 Å². The van der Waals surface area contributed by atoms with Crippen LogP contribution in [0.25, 0.3) is 5.70 Å². The van der Waals surface area contributed by atoms with Gasteiger partial charge in [-0.2, -0.15) is 10.2 Å². The van der Waals surface area contributed by atoms with E-state index >= 15 is 0 Å². The highest BCUT2D eigenvalue weighted by molar-refractivity contribution is 9.12. The number of azo groups is 1. The summed E-state index contributed by atoms with van der Waals surface area (Å²) in [6.45, 7) is 2.08. The van der Waals surface area contributed by atoms with Crippen molar-refractivity contribution in [1.82, 2.24) is 0 Å². The second-order valence-electron chi connectivity index (χ2n) is 4.67. The van der Waals surface area contributed by atoms with Crippen LogP contribution in [0.4, 0.5) is 0 Å². The third-order valence-corrected chi connectivity index (χ3v) is 4.52. The molecule has 3 heteroatoms. The van der Waals surface area contributed by atoms with E-state index in [2.05, 4.69) is 45.2 Å². The van der Waals surface area contributed by atoms with Crippen molar-refractivity contribution in [2.75, 3.05) is 0 Å². The minimum absolute atomic E-state index is 0.424. The lowest BCUT2D eigenvalue weighted by Crippen LogP contribution is -2.16. The summed E-state index contributed by atoms with van der Waals surface area (Å²) in [7, 11) is 0. The Morgan fingerprint density at radius 3 is 2.11 bits per heavy atom. The zero-order valence-corrected chi connectivity index (χ0v) is 12.1. The van der Waals surface area contributed by atoms with Crippen LogP contribution in [0.15, 0.2) is 75.4 Å². The molecule has 1 atom stereocenters. The molecule has 1 aliphatic rings. The molecule has 0 spiro atoms. The van der Waals surface area contributed by atoms with E-state index in [4.69, 9.17) is 0 Å². The van der Waals surface area contributed by atoms with Crippen molar-refractivity contribution < 1.29 is 0 Å². The van der Waals surface area contributed by atoms with Crippen LogP contribution < -0.4 is 0 Å². The van der Waals surface area contributed by atoms with E-state index in [-0.39, 0.29) is 0 Å². The fraction of sp³-hybridized carbons (Fsp3) is 0.125. The van der Waals surface area contributed by atoms with Crippen molar-refractivity contribution in [3.05, 3.63) is 76.3 Å². The van der Waals surface area contributed by atoms with Crippen LogP contribution in [0, 0.1) is 0 Å². The van der Waals surface area contributed by atoms with Crippen molar-refractivity contribution >= 4 is 21.6 Å². The Morgan fingerprint density at radius 1 is 0.895 bits per heavy atom. The van der Waals surface area contributed by atoms with E-state index < -0.39 is 5.54 Å². The molecule has 1 aliphatic heterocycles. The Morgan fingerprint density at radius 2 is 1.47 bits per heavy atom. The van der Waals surface area contributed by atoms with Crippen LogP contribution in [0.1, 0.15) is 18.1 Å². The summed E-state index contributed by atoms with van der Waals surface area (Å²) in [5, 5.41) is 8.86. The number of nitrogens with zero attached hydrogens (tertiary/aromatic N) is 2. The molecule has 19 heavy (non-hydrogen) atoms. The van der Waals surface area contributed by atoms with Gasteiger partial charge in [-0.05, 0) is 12.5 Å². The van der Waals surface area contributed by atoms with Crippen LogP contribution in [-0.4, -0.2) is 0 Å². The molecule has 0 radical (unpaired) electrons. The van der Waals surface area contributed by atoms with Gasteiger partial charge >= 0.3 is 0 Å². The summed E-state index contributed by atoms with van der Waals surface area (Å²) in [5.74, 6) is 0. The Balaban J connectivity index is 2.09. The summed E-state index contributed by atoms with van der Waals surface area (Å²) in [5.41, 5.74) is 2.70. The van der Waals surface area contributed by atoms with Gasteiger partial charge < -0.3 is 0 Å². The SMILES string of the molecule is CC1(c2ccccc2)N=NC(c2ccccc2)=C1Br. The molecule has 0 saturated heterocycles. The summed E-state index contributed by atoms with van der Waals surface area (Å²) in [4.78, 5) is 0. The van der Waals surface area contributed by atoms with Crippen molar-refractivity contribution in [3.8, 4) is 0 Å². The smallest absolute Gasteiger partial charge is 0.138 e. The van der Waals surface area contributed by atoms with E-state index in [0.29, 0.717) is 0 Å². The lowest BCUT2D eigenvalue weighted by molar-refractivity contribution is 0.614. The lowest BCUT2D eigenvalue weighted by Gasteiger charge is -2.20. The Bertz CT molecular complexity index is 647. The first-order valence-electron chi connectivity index (χ1n) is 6.16. The molecule has 1 unspecified atom stereocenters. The summed E-state index contributed by atoms with van der Waals surface area (Å²) in [6.07, 6.45) is 0. The largest absolute Gasteiger partial charge is 0.172 e. The normalized spacial score (nSPS) is 22.0. The Hall–Kier alpha value is -1.74. The number of halogens is 1. The quantitative estimate of drug-likeness (QED) is 0.734. The molecule has 0 amide bonds. The van der Waals surface area contributed by atoms with Gasteiger partial charge in [0.25, 0.3) is 0 Å². The second-order valence-corrected chi connectivity index (χ2v) is 5.46. The molecular weight excluding hydrogens is 300 g/mol. The molecule has 0 aromatic heterocycles. The highest BCUT2D eigenvalue weighted by atomic mass is 79.9. The van der Waals surface area contributed by atoms with Crippen LogP contribution in [0.5, 0.6) is 0 Å². The Kier molecular flexibility index (Phi) is 3.07. The maximum absolute atomic E-state index is 4.48. The van der Waals surface area contributed by atoms with Gasteiger partial charge in [-0.1, -0.05) is 76.6 Å². The topological polar surface area (TPSA) is 24.7 Å². The third kappa shape index (κ3) is 2.04. The van der Waals surface area contributed by atoms with Gasteiger partial charge in [0.05, 0.1) is 4.48 Å². The lowest BCUT2D eigenvalue weighted by atomic mass is 9.92. The highest BCUT2D eigenvalue weighted by Gasteiger charge is 2.36. The van der Waals surface area contributed by atoms with E-state index in [9.17, 15) is 0 Å². The molecule has 0 N–H and O–H groups in total. The predicted octanol–water partition coefficient (Wildman–Crippen LogP) is 5.13. The third-order valence-electron chi connectivity index (χ3n) is 3.37. The first-order valence-corrected chi connectivity index (χ1v) is 6.95. The van der Waals surface area contributed by atoms with E-state index in [1.54, 1.807) is 0 Å². The molecule has 0 fully saturated rings. The highest BCUT2D eigenvalue weighted by Crippen LogP contribution is 2.46. The van der Waals surface area contributed by atoms with Crippen molar-refractivity contribution in [3.63, 3.8) is 0 Å². The van der Waals surface area contributed by atoms with Crippen molar-refractivity contribution in [1.29, 1.82) is 0 Å². The van der Waals surface area contributed by atoms with Gasteiger partial charge in [-0.15, -0.1) is 0 Å². The second kappa shape index (κ2) is 4.74. The molecule has 0 aliphatic carbocycles. The van der Waals surface area contributed by atoms with Gasteiger partial charge in [-0.25, -0.2) is 0 Å². The first-order chi connectivity index (χ1) is 9.22. The van der Waals surface area contributed by atoms with E-state index in [1.807, 2.05) is 48.5 Å². The van der Waals surface area contributed by atoms with Gasteiger partial charge in [0, 0.05) is 5.56 Å². The monoisotopic (exact) mass is 312 g/mol. The zero-order chi connectivity index (χ0) is 13.3. The molecular formula is C16H13BrN2. The first kappa shape index (κ1) is 12.3. The minimum Gasteiger partial charge on any atom is -0.172 e. The molecule has 2 aromatic rings. The van der Waals surface area contributed by atoms with Crippen LogP contribution in [0.2, 0.25) is 0 Å². The number of hydrogen-bond acceptors (Lipinski definition) is 2. The standard InChI is InChI=1S/C16H13BrN2/c1-16(13-10-6-3-7-11-13)15(17)14(18-19-16)12-8-4-2-5-9-12/h2-11H,1H3. The van der Waals surface area contributed by atoms with Gasteiger partial charge in [0.1, 0.15) is 11.2 Å². The van der Waals surface area contributed by atoms with Crippen LogP contribution in [-0.2, 0) is 5.54 Å². The average Bonchev–Trinajstić information content (AvgIpc) is 2.78. The zero-order valence-electron chi connectivity index (χ0n) is 10.5. The molecule has 2 nitrogen and oxygen atoms in total. The fourth-order valence-corrected chi connectivity index (χ4v) is 2.81. The van der Waals surface area contributed by atoms with E-state index in [1.165, 1.54) is 0 Å². The minimum atomic E-state index is -0.424. The van der Waals surface area contributed by atoms with Crippen molar-refractivity contribution in [2.45, 2.75) is 12.5 Å². The molecule has 0 saturated carbocycles. The van der Waals surface area contributed by atoms with Gasteiger partial charge in [0.15, 0.2) is 0 Å². The summed E-state index contributed by atoms with van der Waals surface area (Å²) < 4.78 is 1.01. The van der Waals surface area contributed by atoms with Crippen LogP contribution in [0.3, 0.4) is 0 Å². The molecule has 94 valence electrons. The van der Waals surface area contributed by atoms with Crippen molar-refractivity contribution in [2.24, 2.45) is 10.2 Å². The number of benzene rings is 2. The summed E-state index contributed by atoms with van der Waals surface area (Å²) >= 11 is 3.69. The molecule has 0 bridgehead atoms. The average molecular weight is 313 g/mol. The van der Waals surface area contributed by atoms with Gasteiger partial charge in [0.2, 0.25) is 0 Å². The number of rotatable bonds is 2. The maximum atomic E-state index is 4.48. The van der Waals surface area contributed by atoms with Crippen LogP contribution >= 0.6 is 15.9 Å². The van der Waals surface area contributed by atoms with Gasteiger partial charge in [-0.3, -0.25) is 0 Å². The predicted molar refractivity (Wildman–Crippen MR) is 80.9 cm³/mol. The molecule has 1 heterocycles. The molecule has 2 aromatic carbocycles. The fourth-order valence-electron chi connectivity index (χ4n) is 2.20. The maximum Gasteiger partial charge on any atom is 0.138 e. The molecule has 3 rings (SSSR count).